The van der Waals surface area contributed by atoms with E-state index in [-0.39, 0.29) is 36.5 Å². The molecule has 1 aliphatic carbocycles. The minimum Gasteiger partial charge on any atom is -0.378 e. The third-order valence-electron chi connectivity index (χ3n) is 4.56. The van der Waals surface area contributed by atoms with E-state index < -0.39 is 22.4 Å². The van der Waals surface area contributed by atoms with Crippen LogP contribution < -0.4 is 16.4 Å². The van der Waals surface area contributed by atoms with Crippen molar-refractivity contribution in [2.45, 2.75) is 25.4 Å². The Labute approximate surface area is 148 Å². The van der Waals surface area contributed by atoms with E-state index in [1.165, 1.54) is 0 Å². The average molecular weight is 374 g/mol. The molecule has 0 aliphatic heterocycles. The molecule has 7 nitrogen and oxygen atoms in total. The number of carbonyl (C=O) groups excluding carboxylic acids is 1. The van der Waals surface area contributed by atoms with Crippen LogP contribution in [-0.4, -0.2) is 30.5 Å². The second-order valence-corrected chi connectivity index (χ2v) is 6.24. The number of amides is 1. The zero-order valence-corrected chi connectivity index (χ0v) is 14.0. The molecule has 1 amide bonds. The molecule has 0 bridgehead atoms. The first kappa shape index (κ1) is 20.0. The molecule has 0 saturated heterocycles. The lowest BCUT2D eigenvalue weighted by Crippen LogP contribution is -2.37. The second kappa shape index (κ2) is 8.35. The van der Waals surface area contributed by atoms with Gasteiger partial charge in [0.15, 0.2) is 0 Å². The van der Waals surface area contributed by atoms with Crippen LogP contribution in [0.5, 0.6) is 0 Å². The molecule has 1 aliphatic rings. The number of hydrogen-bond donors (Lipinski definition) is 3. The van der Waals surface area contributed by atoms with Gasteiger partial charge in [-0.2, -0.15) is 13.2 Å². The van der Waals surface area contributed by atoms with Gasteiger partial charge in [-0.1, -0.05) is 6.42 Å². The highest BCUT2D eigenvalue weighted by atomic mass is 19.4. The number of benzene rings is 1. The smallest absolute Gasteiger partial charge is 0.378 e. The third-order valence-corrected chi connectivity index (χ3v) is 4.56. The van der Waals surface area contributed by atoms with E-state index in [2.05, 4.69) is 10.6 Å². The Kier molecular flexibility index (Phi) is 6.41. The van der Waals surface area contributed by atoms with E-state index in [0.29, 0.717) is 12.6 Å². The average Bonchev–Trinajstić information content (AvgIpc) is 3.06. The highest BCUT2D eigenvalue weighted by Crippen LogP contribution is 2.35. The molecular weight excluding hydrogens is 353 g/mol. The summed E-state index contributed by atoms with van der Waals surface area (Å²) in [6.45, 7) is 0.802. The molecule has 1 fully saturated rings. The molecule has 0 radical (unpaired) electrons. The Morgan fingerprint density at radius 3 is 2.65 bits per heavy atom. The van der Waals surface area contributed by atoms with Gasteiger partial charge < -0.3 is 16.4 Å². The molecule has 2 atom stereocenters. The topological polar surface area (TPSA) is 110 Å². The molecule has 0 spiro atoms. The van der Waals surface area contributed by atoms with Crippen molar-refractivity contribution < 1.29 is 22.9 Å². The maximum atomic E-state index is 12.7. The fraction of sp³-hybridized carbons (Fsp3) is 0.562. The minimum absolute atomic E-state index is 0.0297. The molecule has 10 heteroatoms. The highest BCUT2D eigenvalue weighted by Gasteiger charge is 2.33. The fourth-order valence-electron chi connectivity index (χ4n) is 3.19. The fourth-order valence-corrected chi connectivity index (χ4v) is 3.19. The Balaban J connectivity index is 1.91. The Bertz CT molecular complexity index is 667. The SMILES string of the molecule is NC[C@H]1CCC[C@H]1C(=O)NCCNc1ccc(C(F)(F)F)cc1[N+](=O)[O-]. The van der Waals surface area contributed by atoms with E-state index in [0.717, 1.165) is 31.4 Å². The normalized spacial score (nSPS) is 20.0. The van der Waals surface area contributed by atoms with Gasteiger partial charge in [-0.05, 0) is 37.4 Å². The molecule has 1 saturated carbocycles. The summed E-state index contributed by atoms with van der Waals surface area (Å²) in [5.41, 5.74) is 3.87. The first-order valence-electron chi connectivity index (χ1n) is 8.31. The van der Waals surface area contributed by atoms with Gasteiger partial charge in [0.2, 0.25) is 5.91 Å². The molecule has 1 aromatic carbocycles. The number of nitro groups is 1. The lowest BCUT2D eigenvalue weighted by atomic mass is 9.95. The highest BCUT2D eigenvalue weighted by molar-refractivity contribution is 5.79. The van der Waals surface area contributed by atoms with Crippen LogP contribution in [0, 0.1) is 22.0 Å². The number of rotatable bonds is 7. The molecule has 144 valence electrons. The van der Waals surface area contributed by atoms with Crippen molar-refractivity contribution in [3.63, 3.8) is 0 Å². The van der Waals surface area contributed by atoms with Gasteiger partial charge in [-0.3, -0.25) is 14.9 Å². The van der Waals surface area contributed by atoms with Crippen molar-refractivity contribution in [2.24, 2.45) is 17.6 Å². The Morgan fingerprint density at radius 2 is 2.04 bits per heavy atom. The van der Waals surface area contributed by atoms with Crippen LogP contribution in [0.2, 0.25) is 0 Å². The predicted octanol–water partition coefficient (Wildman–Crippen LogP) is 2.52. The number of halogens is 3. The van der Waals surface area contributed by atoms with Crippen molar-refractivity contribution in [2.75, 3.05) is 25.0 Å². The summed E-state index contributed by atoms with van der Waals surface area (Å²) in [5, 5.41) is 16.4. The van der Waals surface area contributed by atoms with Crippen LogP contribution in [0.15, 0.2) is 18.2 Å². The summed E-state index contributed by atoms with van der Waals surface area (Å²) in [7, 11) is 0. The standard InChI is InChI=1S/C16H21F3N4O3/c17-16(18,19)11-4-5-13(14(8-11)23(25)26)21-6-7-22-15(24)12-3-1-2-10(12)9-20/h4-5,8,10,12,21H,1-3,6-7,9,20H2,(H,22,24)/t10-,12-/m1/s1. The van der Waals surface area contributed by atoms with Gasteiger partial charge in [0.1, 0.15) is 5.69 Å². The lowest BCUT2D eigenvalue weighted by Gasteiger charge is -2.17. The first-order valence-corrected chi connectivity index (χ1v) is 8.31. The number of nitrogens with one attached hydrogen (secondary N) is 2. The maximum Gasteiger partial charge on any atom is 0.416 e. The van der Waals surface area contributed by atoms with Gasteiger partial charge in [0.25, 0.3) is 5.69 Å². The number of nitro benzene ring substituents is 1. The number of anilines is 1. The number of carbonyl (C=O) groups is 1. The van der Waals surface area contributed by atoms with Crippen molar-refractivity contribution in [3.05, 3.63) is 33.9 Å². The van der Waals surface area contributed by atoms with Gasteiger partial charge in [-0.15, -0.1) is 0 Å². The van der Waals surface area contributed by atoms with Crippen molar-refractivity contribution in [1.82, 2.24) is 5.32 Å². The van der Waals surface area contributed by atoms with Crippen molar-refractivity contribution in [3.8, 4) is 0 Å². The minimum atomic E-state index is -4.65. The molecule has 4 N–H and O–H groups in total. The second-order valence-electron chi connectivity index (χ2n) is 6.24. The number of nitrogens with two attached hydrogens (primary N) is 1. The summed E-state index contributed by atoms with van der Waals surface area (Å²) in [4.78, 5) is 22.3. The first-order chi connectivity index (χ1) is 12.2. The monoisotopic (exact) mass is 374 g/mol. The van der Waals surface area contributed by atoms with E-state index in [1.54, 1.807) is 0 Å². The molecule has 1 aromatic rings. The lowest BCUT2D eigenvalue weighted by molar-refractivity contribution is -0.384. The predicted molar refractivity (Wildman–Crippen MR) is 89.5 cm³/mol. The van der Waals surface area contributed by atoms with Gasteiger partial charge in [0.05, 0.1) is 10.5 Å². The summed E-state index contributed by atoms with van der Waals surface area (Å²) >= 11 is 0. The van der Waals surface area contributed by atoms with Crippen LogP contribution in [0.1, 0.15) is 24.8 Å². The summed E-state index contributed by atoms with van der Waals surface area (Å²) in [6, 6.07) is 2.29. The number of alkyl halides is 3. The molecule has 2 rings (SSSR count). The van der Waals surface area contributed by atoms with Crippen molar-refractivity contribution >= 4 is 17.3 Å². The van der Waals surface area contributed by atoms with E-state index in [1.807, 2.05) is 0 Å². The van der Waals surface area contributed by atoms with Gasteiger partial charge >= 0.3 is 6.18 Å². The maximum absolute atomic E-state index is 12.7. The molecular formula is C16H21F3N4O3. The van der Waals surface area contributed by atoms with E-state index in [9.17, 15) is 28.1 Å². The van der Waals surface area contributed by atoms with E-state index >= 15 is 0 Å². The van der Waals surface area contributed by atoms with Crippen LogP contribution in [0.4, 0.5) is 24.5 Å². The van der Waals surface area contributed by atoms with Crippen LogP contribution in [0.3, 0.4) is 0 Å². The quantitative estimate of drug-likeness (QED) is 0.386. The van der Waals surface area contributed by atoms with Crippen LogP contribution in [-0.2, 0) is 11.0 Å². The Hall–Kier alpha value is -2.36. The third kappa shape index (κ3) is 4.84. The molecule has 26 heavy (non-hydrogen) atoms. The van der Waals surface area contributed by atoms with Crippen LogP contribution >= 0.6 is 0 Å². The number of hydrogen-bond acceptors (Lipinski definition) is 5. The van der Waals surface area contributed by atoms with Crippen LogP contribution in [0.25, 0.3) is 0 Å². The van der Waals surface area contributed by atoms with Gasteiger partial charge in [-0.25, -0.2) is 0 Å². The van der Waals surface area contributed by atoms with Crippen molar-refractivity contribution in [1.29, 1.82) is 0 Å². The zero-order valence-electron chi connectivity index (χ0n) is 14.0. The zero-order chi connectivity index (χ0) is 19.3. The Morgan fingerprint density at radius 1 is 1.31 bits per heavy atom. The molecule has 0 aromatic heterocycles. The van der Waals surface area contributed by atoms with Gasteiger partial charge in [0, 0.05) is 25.1 Å². The summed E-state index contributed by atoms with van der Waals surface area (Å²) in [6.07, 6.45) is -2.00. The molecule has 0 unspecified atom stereocenters. The molecule has 0 heterocycles. The number of nitrogens with zero attached hydrogens (tertiary/aromatic N) is 1. The summed E-state index contributed by atoms with van der Waals surface area (Å²) in [5.74, 6) is -0.0685. The van der Waals surface area contributed by atoms with E-state index in [4.69, 9.17) is 5.73 Å². The summed E-state index contributed by atoms with van der Waals surface area (Å²) < 4.78 is 38.0. The largest absolute Gasteiger partial charge is 0.416 e.